The summed E-state index contributed by atoms with van der Waals surface area (Å²) >= 11 is 7.39. The number of nitrogens with one attached hydrogen (secondary N) is 1. The molecule has 0 saturated heterocycles. The number of carboxylic acids is 1. The number of hydrogen-bond acceptors (Lipinski definition) is 5. The highest BCUT2D eigenvalue weighted by atomic mass is 35.5. The van der Waals surface area contributed by atoms with E-state index in [-0.39, 0.29) is 27.6 Å². The topological polar surface area (TPSA) is 96.4 Å². The molecule has 2 N–H and O–H groups in total. The molecule has 2 aromatic rings. The summed E-state index contributed by atoms with van der Waals surface area (Å²) in [5.74, 6) is -1.22. The lowest BCUT2D eigenvalue weighted by atomic mass is 10.1. The van der Waals surface area contributed by atoms with Crippen LogP contribution in [0.4, 0.5) is 0 Å². The van der Waals surface area contributed by atoms with E-state index in [1.54, 1.807) is 0 Å². The highest BCUT2D eigenvalue weighted by Gasteiger charge is 2.22. The third-order valence-electron chi connectivity index (χ3n) is 3.49. The second-order valence-electron chi connectivity index (χ2n) is 5.27. The first kappa shape index (κ1) is 18.9. The molecule has 0 fully saturated rings. The van der Waals surface area contributed by atoms with Gasteiger partial charge in [-0.2, -0.15) is 0 Å². The van der Waals surface area contributed by atoms with Gasteiger partial charge < -0.3 is 5.11 Å². The lowest BCUT2D eigenvalue weighted by Gasteiger charge is -2.11. The van der Waals surface area contributed by atoms with Gasteiger partial charge in [0.15, 0.2) is 0 Å². The average Bonchev–Trinajstić information content (AvgIpc) is 2.78. The Morgan fingerprint density at radius 2 is 2.00 bits per heavy atom. The van der Waals surface area contributed by atoms with Gasteiger partial charge in [-0.25, -0.2) is 22.9 Å². The van der Waals surface area contributed by atoms with Crippen LogP contribution in [0.3, 0.4) is 0 Å². The van der Waals surface area contributed by atoms with Crippen molar-refractivity contribution in [1.82, 2.24) is 9.71 Å². The molecule has 6 nitrogen and oxygen atoms in total. The van der Waals surface area contributed by atoms with Crippen molar-refractivity contribution in [3.8, 4) is 0 Å². The fourth-order valence-corrected chi connectivity index (χ4v) is 4.88. The van der Waals surface area contributed by atoms with E-state index >= 15 is 0 Å². The number of carbonyl (C=O) groups is 1. The lowest BCUT2D eigenvalue weighted by molar-refractivity contribution is 0.0696. The highest BCUT2D eigenvalue weighted by molar-refractivity contribution is 7.89. The predicted octanol–water partition coefficient (Wildman–Crippen LogP) is 2.94. The van der Waals surface area contributed by atoms with Crippen LogP contribution in [0.5, 0.6) is 0 Å². The van der Waals surface area contributed by atoms with Crippen molar-refractivity contribution >= 4 is 38.9 Å². The largest absolute Gasteiger partial charge is 0.478 e. The van der Waals surface area contributed by atoms with Gasteiger partial charge in [0, 0.05) is 16.4 Å². The number of rotatable bonds is 6. The average molecular weight is 389 g/mol. The fourth-order valence-electron chi connectivity index (χ4n) is 2.34. The summed E-state index contributed by atoms with van der Waals surface area (Å²) in [7, 11) is -3.86. The predicted molar refractivity (Wildman–Crippen MR) is 93.6 cm³/mol. The molecule has 0 saturated carbocycles. The van der Waals surface area contributed by atoms with Gasteiger partial charge in [-0.15, -0.1) is 11.3 Å². The molecule has 0 aliphatic heterocycles. The number of nitrogens with zero attached hydrogens (tertiary/aromatic N) is 1. The van der Waals surface area contributed by atoms with Crippen LogP contribution in [-0.4, -0.2) is 31.0 Å². The molecule has 0 aliphatic carbocycles. The van der Waals surface area contributed by atoms with Gasteiger partial charge >= 0.3 is 5.97 Å². The summed E-state index contributed by atoms with van der Waals surface area (Å²) in [4.78, 5) is 16.4. The van der Waals surface area contributed by atoms with E-state index in [0.717, 1.165) is 15.6 Å². The van der Waals surface area contributed by atoms with E-state index in [1.807, 2.05) is 13.8 Å². The van der Waals surface area contributed by atoms with Crippen LogP contribution in [0, 0.1) is 20.8 Å². The van der Waals surface area contributed by atoms with Crippen molar-refractivity contribution in [2.45, 2.75) is 32.1 Å². The molecule has 0 spiro atoms. The van der Waals surface area contributed by atoms with E-state index in [0.29, 0.717) is 6.42 Å². The Morgan fingerprint density at radius 3 is 2.54 bits per heavy atom. The van der Waals surface area contributed by atoms with Gasteiger partial charge in [0.1, 0.15) is 0 Å². The number of aryl methyl sites for hydroxylation is 2. The number of carboxylic acid groups (broad SMARTS) is 1. The van der Waals surface area contributed by atoms with Crippen molar-refractivity contribution < 1.29 is 18.3 Å². The number of halogens is 1. The van der Waals surface area contributed by atoms with E-state index in [2.05, 4.69) is 9.71 Å². The van der Waals surface area contributed by atoms with E-state index in [9.17, 15) is 13.2 Å². The van der Waals surface area contributed by atoms with Gasteiger partial charge in [0.25, 0.3) is 0 Å². The molecule has 0 atom stereocenters. The normalized spacial score (nSPS) is 11.7. The molecule has 130 valence electrons. The zero-order valence-corrected chi connectivity index (χ0v) is 15.8. The van der Waals surface area contributed by atoms with Crippen LogP contribution in [0.25, 0.3) is 0 Å². The molecule has 24 heavy (non-hydrogen) atoms. The summed E-state index contributed by atoms with van der Waals surface area (Å²) in [5.41, 5.74) is 0.921. The van der Waals surface area contributed by atoms with E-state index in [4.69, 9.17) is 16.7 Å². The second-order valence-corrected chi connectivity index (χ2v) is 8.73. The summed E-state index contributed by atoms with van der Waals surface area (Å²) in [6.45, 7) is 5.42. The Labute approximate surface area is 149 Å². The maximum Gasteiger partial charge on any atom is 0.336 e. The number of aromatic carboxylic acids is 1. The van der Waals surface area contributed by atoms with E-state index < -0.39 is 16.0 Å². The second kappa shape index (κ2) is 7.18. The molecule has 1 aromatic heterocycles. The molecule has 1 heterocycles. The van der Waals surface area contributed by atoms with Crippen molar-refractivity contribution in [3.63, 3.8) is 0 Å². The van der Waals surface area contributed by atoms with Gasteiger partial charge in [-0.1, -0.05) is 11.6 Å². The minimum absolute atomic E-state index is 0.0623. The number of thiazole rings is 1. The smallest absolute Gasteiger partial charge is 0.336 e. The zero-order chi connectivity index (χ0) is 18.1. The fraction of sp³-hybridized carbons (Fsp3) is 0.333. The van der Waals surface area contributed by atoms with Crippen LogP contribution >= 0.6 is 22.9 Å². The Balaban J connectivity index is 2.21. The third-order valence-corrected chi connectivity index (χ3v) is 6.43. The maximum absolute atomic E-state index is 12.5. The maximum atomic E-state index is 12.5. The van der Waals surface area contributed by atoms with E-state index in [1.165, 1.54) is 30.4 Å². The number of benzene rings is 1. The van der Waals surface area contributed by atoms with Gasteiger partial charge in [0.2, 0.25) is 10.0 Å². The molecule has 0 amide bonds. The monoisotopic (exact) mass is 388 g/mol. The first-order chi connectivity index (χ1) is 11.1. The number of aromatic nitrogens is 1. The van der Waals surface area contributed by atoms with Crippen LogP contribution < -0.4 is 4.72 Å². The molecule has 1 aromatic carbocycles. The zero-order valence-electron chi connectivity index (χ0n) is 13.4. The molecule has 9 heteroatoms. The molecule has 2 rings (SSSR count). The van der Waals surface area contributed by atoms with Crippen LogP contribution in [-0.2, 0) is 16.4 Å². The van der Waals surface area contributed by atoms with Crippen molar-refractivity contribution in [3.05, 3.63) is 43.9 Å². The Morgan fingerprint density at radius 1 is 1.33 bits per heavy atom. The van der Waals surface area contributed by atoms with Gasteiger partial charge in [-0.3, -0.25) is 0 Å². The molecule has 0 aliphatic rings. The third kappa shape index (κ3) is 4.13. The lowest BCUT2D eigenvalue weighted by Crippen LogP contribution is -2.27. The quantitative estimate of drug-likeness (QED) is 0.793. The van der Waals surface area contributed by atoms with Crippen LogP contribution in [0.1, 0.15) is 31.5 Å². The molecular weight excluding hydrogens is 372 g/mol. The van der Waals surface area contributed by atoms with Crippen molar-refractivity contribution in [1.29, 1.82) is 0 Å². The first-order valence-corrected chi connectivity index (χ1v) is 9.75. The van der Waals surface area contributed by atoms with Gasteiger partial charge in [-0.05, 0) is 44.9 Å². The summed E-state index contributed by atoms with van der Waals surface area (Å²) in [5, 5.41) is 10.2. The highest BCUT2D eigenvalue weighted by Crippen LogP contribution is 2.25. The SMILES string of the molecule is Cc1nc(C)c(CCNS(=O)(=O)c2cc(Cl)cc(C(=O)O)c2C)s1. The Bertz CT molecular complexity index is 891. The summed E-state index contributed by atoms with van der Waals surface area (Å²) in [6, 6.07) is 2.50. The molecular formula is C15H17ClN2O4S2. The van der Waals surface area contributed by atoms with Crippen molar-refractivity contribution in [2.75, 3.05) is 6.54 Å². The molecule has 0 bridgehead atoms. The Kier molecular flexibility index (Phi) is 5.64. The Hall–Kier alpha value is -1.48. The summed E-state index contributed by atoms with van der Waals surface area (Å²) < 4.78 is 27.5. The number of hydrogen-bond donors (Lipinski definition) is 2. The molecule has 0 radical (unpaired) electrons. The van der Waals surface area contributed by atoms with Gasteiger partial charge in [0.05, 0.1) is 21.2 Å². The van der Waals surface area contributed by atoms with Crippen LogP contribution in [0.2, 0.25) is 5.02 Å². The minimum atomic E-state index is -3.86. The number of sulfonamides is 1. The summed E-state index contributed by atoms with van der Waals surface area (Å²) in [6.07, 6.45) is 0.516. The van der Waals surface area contributed by atoms with Crippen molar-refractivity contribution in [2.24, 2.45) is 0 Å². The van der Waals surface area contributed by atoms with Crippen LogP contribution in [0.15, 0.2) is 17.0 Å². The minimum Gasteiger partial charge on any atom is -0.478 e. The standard InChI is InChI=1S/C15H17ClN2O4S2/c1-8-12(15(19)20)6-11(16)7-14(8)24(21,22)17-5-4-13-9(2)18-10(3)23-13/h6-7,17H,4-5H2,1-3H3,(H,19,20). The molecule has 0 unspecified atom stereocenters. The first-order valence-electron chi connectivity index (χ1n) is 7.08.